The molecule has 4 nitrogen and oxygen atoms in total. The molecule has 7 rings (SSSR count). The van der Waals surface area contributed by atoms with Crippen LogP contribution in [-0.2, 0) is 12.4 Å². The fourth-order valence-electron chi connectivity index (χ4n) is 6.41. The Morgan fingerprint density at radius 3 is 1.41 bits per heavy atom. The van der Waals surface area contributed by atoms with Crippen LogP contribution in [0.5, 0.6) is 0 Å². The molecule has 0 aromatic heterocycles. The van der Waals surface area contributed by atoms with E-state index in [2.05, 4.69) is 15.0 Å². The normalized spacial score (nSPS) is 13.2. The van der Waals surface area contributed by atoms with Crippen LogP contribution in [0.4, 0.5) is 26.3 Å². The Balaban J connectivity index is 1.91. The molecule has 0 saturated heterocycles. The molecule has 0 fully saturated rings. The molecule has 0 radical (unpaired) electrons. The van der Waals surface area contributed by atoms with Gasteiger partial charge in [-0.05, 0) is 46.2 Å². The summed E-state index contributed by atoms with van der Waals surface area (Å²) >= 11 is 0. The summed E-state index contributed by atoms with van der Waals surface area (Å²) in [6.45, 7) is 7.61. The Morgan fingerprint density at radius 2 is 1.00 bits per heavy atom. The number of hydrogen-bond donors (Lipinski definition) is 0. The zero-order chi connectivity index (χ0) is 32.4. The highest BCUT2D eigenvalue weighted by Gasteiger charge is 2.34. The van der Waals surface area contributed by atoms with Crippen molar-refractivity contribution in [2.75, 3.05) is 0 Å². The average Bonchev–Trinajstić information content (AvgIpc) is 3.52. The molecule has 0 saturated carbocycles. The smallest absolute Gasteiger partial charge is 0.181 e. The van der Waals surface area contributed by atoms with Crippen molar-refractivity contribution in [1.29, 1.82) is 5.26 Å². The molecule has 7 aromatic carbocycles. The quantitative estimate of drug-likeness (QED) is 0.0824. The zero-order valence-electron chi connectivity index (χ0n) is 23.3. The van der Waals surface area contributed by atoms with Gasteiger partial charge in [-0.2, -0.15) is 43.2 Å². The Labute approximate surface area is 255 Å². The van der Waals surface area contributed by atoms with Crippen molar-refractivity contribution in [3.63, 3.8) is 0 Å². The van der Waals surface area contributed by atoms with Crippen LogP contribution in [0.15, 0.2) is 107 Å². The van der Waals surface area contributed by atoms with Crippen molar-refractivity contribution in [2.24, 2.45) is 10.1 Å². The van der Waals surface area contributed by atoms with E-state index in [1.54, 1.807) is 66.9 Å². The molecule has 46 heavy (non-hydrogen) atoms. The molecular weight excluding hydrogens is 602 g/mol. The summed E-state index contributed by atoms with van der Waals surface area (Å²) in [6, 6.07) is 24.1. The van der Waals surface area contributed by atoms with Crippen molar-refractivity contribution in [2.45, 2.75) is 12.4 Å². The van der Waals surface area contributed by atoms with E-state index in [0.717, 1.165) is 24.3 Å². The van der Waals surface area contributed by atoms with Gasteiger partial charge in [0.25, 0.3) is 0 Å². The first kappa shape index (κ1) is 28.8. The van der Waals surface area contributed by atoms with Gasteiger partial charge in [0.05, 0.1) is 21.6 Å². The van der Waals surface area contributed by atoms with Crippen LogP contribution in [0.3, 0.4) is 0 Å². The zero-order valence-corrected chi connectivity index (χ0v) is 23.3. The molecule has 0 bridgehead atoms. The number of nitriles is 1. The van der Waals surface area contributed by atoms with E-state index in [1.165, 1.54) is 12.1 Å². The van der Waals surface area contributed by atoms with Gasteiger partial charge >= 0.3 is 12.4 Å². The summed E-state index contributed by atoms with van der Waals surface area (Å²) in [5, 5.41) is 16.3. The molecule has 0 aliphatic heterocycles. The number of benzene rings is 5. The molecule has 0 N–H and O–H groups in total. The maximum Gasteiger partial charge on any atom is 0.416 e. The van der Waals surface area contributed by atoms with Crippen molar-refractivity contribution < 1.29 is 26.3 Å². The number of hydrogen-bond acceptors (Lipinski definition) is 3. The Bertz CT molecular complexity index is 2380. The molecule has 0 spiro atoms. The fourth-order valence-corrected chi connectivity index (χ4v) is 6.41. The van der Waals surface area contributed by atoms with Crippen LogP contribution in [-0.4, -0.2) is 0 Å². The minimum Gasteiger partial charge on any atom is -0.181 e. The lowest BCUT2D eigenvalue weighted by Crippen LogP contribution is -2.06. The van der Waals surface area contributed by atoms with Gasteiger partial charge in [0.2, 0.25) is 6.19 Å². The summed E-state index contributed by atoms with van der Waals surface area (Å²) in [7, 11) is 0. The Kier molecular flexibility index (Phi) is 6.43. The average molecular weight is 619 g/mol. The highest BCUT2D eigenvalue weighted by atomic mass is 19.4. The summed E-state index contributed by atoms with van der Waals surface area (Å²) in [6.07, 6.45) is -7.62. The summed E-state index contributed by atoms with van der Waals surface area (Å²) in [5.41, 5.74) is 0.199. The highest BCUT2D eigenvalue weighted by molar-refractivity contribution is 6.35. The van der Waals surface area contributed by atoms with Gasteiger partial charge in [0.1, 0.15) is 0 Å². The molecule has 0 aliphatic rings. The SMILES string of the molecule is [C-]#[N+]/N=c1\c2cc(C(F)(F)F)ccc2c2c(-c3ccccc3)c3c(=NC#N)c4cc(C(F)(F)F)ccc4c3c(-c3ccccc3)c12. The third-order valence-corrected chi connectivity index (χ3v) is 8.15. The first-order valence-corrected chi connectivity index (χ1v) is 13.7. The number of fused-ring (bicyclic) bond motifs is 6. The lowest BCUT2D eigenvalue weighted by Gasteiger charge is -2.14. The predicted octanol–water partition coefficient (Wildman–Crippen LogP) is 9.66. The van der Waals surface area contributed by atoms with Gasteiger partial charge in [-0.25, -0.2) is 0 Å². The summed E-state index contributed by atoms with van der Waals surface area (Å²) in [4.78, 5) is 7.29. The van der Waals surface area contributed by atoms with Crippen LogP contribution >= 0.6 is 0 Å². The molecule has 0 amide bonds. The minimum atomic E-state index is -4.68. The molecule has 0 heterocycles. The van der Waals surface area contributed by atoms with Crippen molar-refractivity contribution in [1.82, 2.24) is 0 Å². The van der Waals surface area contributed by atoms with Crippen LogP contribution in [0.25, 0.3) is 70.3 Å². The van der Waals surface area contributed by atoms with Gasteiger partial charge < -0.3 is 0 Å². The third-order valence-electron chi connectivity index (χ3n) is 8.15. The second kappa shape index (κ2) is 10.3. The third kappa shape index (κ3) is 4.30. The monoisotopic (exact) mass is 618 g/mol. The number of nitrogens with zero attached hydrogens (tertiary/aromatic N) is 4. The predicted molar refractivity (Wildman–Crippen MR) is 163 cm³/mol. The van der Waals surface area contributed by atoms with E-state index in [4.69, 9.17) is 6.57 Å². The number of alkyl halides is 6. The fraction of sp³-hybridized carbons (Fsp3) is 0.0556. The van der Waals surface area contributed by atoms with Crippen molar-refractivity contribution >= 4 is 43.1 Å². The Hall–Kier alpha value is -6.00. The second-order valence-electron chi connectivity index (χ2n) is 10.6. The van der Waals surface area contributed by atoms with Gasteiger partial charge in [0, 0.05) is 43.4 Å². The van der Waals surface area contributed by atoms with Crippen molar-refractivity contribution in [3.05, 3.63) is 130 Å². The Morgan fingerprint density at radius 1 is 0.565 bits per heavy atom. The number of rotatable bonds is 2. The maximum atomic E-state index is 14.0. The van der Waals surface area contributed by atoms with Crippen molar-refractivity contribution in [3.8, 4) is 28.4 Å². The van der Waals surface area contributed by atoms with Crippen LogP contribution in [0.1, 0.15) is 11.1 Å². The van der Waals surface area contributed by atoms with E-state index in [-0.39, 0.29) is 21.5 Å². The standard InChI is InChI=1S/C36H16F6N4/c1-44-46-34-26-17-22(36(40,41)42)13-15-24(26)30-27(19-8-4-2-5-9-19)31-29(28(32(30)34)20-10-6-3-7-11-20)23-14-12-21(35(37,38)39)16-25(23)33(31)45-18-43/h2-17H/b45-33?,46-34+. The van der Waals surface area contributed by atoms with E-state index >= 15 is 0 Å². The summed E-state index contributed by atoms with van der Waals surface area (Å²) < 4.78 is 83.8. The topological polar surface area (TPSA) is 52.9 Å². The van der Waals surface area contributed by atoms with E-state index in [9.17, 15) is 31.6 Å². The van der Waals surface area contributed by atoms with Gasteiger partial charge in [0.15, 0.2) is 5.36 Å². The van der Waals surface area contributed by atoms with Gasteiger partial charge in [-0.15, -0.1) is 4.95 Å². The first-order valence-electron chi connectivity index (χ1n) is 13.7. The molecule has 0 aliphatic carbocycles. The van der Waals surface area contributed by atoms with E-state index in [1.807, 2.05) is 0 Å². The highest BCUT2D eigenvalue weighted by Crippen LogP contribution is 2.48. The molecule has 222 valence electrons. The maximum absolute atomic E-state index is 14.0. The summed E-state index contributed by atoms with van der Waals surface area (Å²) in [5.74, 6) is 0. The van der Waals surface area contributed by atoms with Gasteiger partial charge in [-0.3, -0.25) is 0 Å². The lowest BCUT2D eigenvalue weighted by molar-refractivity contribution is -0.138. The largest absolute Gasteiger partial charge is 0.416 e. The van der Waals surface area contributed by atoms with E-state index in [0.29, 0.717) is 54.6 Å². The molecule has 7 aromatic rings. The lowest BCUT2D eigenvalue weighted by atomic mass is 9.88. The second-order valence-corrected chi connectivity index (χ2v) is 10.6. The molecule has 10 heteroatoms. The van der Waals surface area contributed by atoms with Crippen LogP contribution in [0.2, 0.25) is 0 Å². The molecular formula is C36H16F6N4. The van der Waals surface area contributed by atoms with Crippen LogP contribution in [0, 0.1) is 18.0 Å². The first-order chi connectivity index (χ1) is 22.0. The van der Waals surface area contributed by atoms with Crippen LogP contribution < -0.4 is 10.7 Å². The molecule has 0 unspecified atom stereocenters. The van der Waals surface area contributed by atoms with Gasteiger partial charge in [-0.1, -0.05) is 72.8 Å². The number of halogens is 6. The minimum absolute atomic E-state index is 0.00136. The van der Waals surface area contributed by atoms with E-state index < -0.39 is 23.5 Å². The molecule has 0 atom stereocenters.